The van der Waals surface area contributed by atoms with Gasteiger partial charge in [-0.2, -0.15) is 0 Å². The summed E-state index contributed by atoms with van der Waals surface area (Å²) >= 11 is 0. The SMILES string of the molecule is CC1CCC(N2C(=O)NC(=O)C3(CC3)C2=O)C1C. The molecular weight excluding hydrogens is 232 g/mol. The molecule has 0 aromatic rings. The second kappa shape index (κ2) is 3.56. The molecule has 3 unspecified atom stereocenters. The van der Waals surface area contributed by atoms with Gasteiger partial charge in [-0.1, -0.05) is 13.8 Å². The Kier molecular flexibility index (Phi) is 2.31. The standard InChI is InChI=1S/C13H18N2O3/c1-7-3-4-9(8(7)2)15-11(17)13(5-6-13)10(16)14-12(15)18/h7-9H,3-6H2,1-2H3,(H,14,16,18). The average Bonchev–Trinajstić information content (AvgIpc) is 3.06. The quantitative estimate of drug-likeness (QED) is 0.713. The van der Waals surface area contributed by atoms with Gasteiger partial charge in [-0.15, -0.1) is 0 Å². The van der Waals surface area contributed by atoms with E-state index in [2.05, 4.69) is 19.2 Å². The van der Waals surface area contributed by atoms with Crippen LogP contribution in [0.3, 0.4) is 0 Å². The number of imide groups is 2. The van der Waals surface area contributed by atoms with Gasteiger partial charge < -0.3 is 0 Å². The smallest absolute Gasteiger partial charge is 0.277 e. The van der Waals surface area contributed by atoms with Crippen molar-refractivity contribution in [2.75, 3.05) is 0 Å². The van der Waals surface area contributed by atoms with Crippen molar-refractivity contribution in [1.82, 2.24) is 10.2 Å². The maximum atomic E-state index is 12.4. The van der Waals surface area contributed by atoms with E-state index in [1.54, 1.807) is 0 Å². The zero-order valence-electron chi connectivity index (χ0n) is 10.7. The van der Waals surface area contributed by atoms with Gasteiger partial charge in [-0.3, -0.25) is 19.8 Å². The molecule has 4 amide bonds. The molecule has 3 aliphatic rings. The molecule has 2 saturated carbocycles. The highest BCUT2D eigenvalue weighted by atomic mass is 16.2. The van der Waals surface area contributed by atoms with Crippen molar-refractivity contribution >= 4 is 17.8 Å². The lowest BCUT2D eigenvalue weighted by Gasteiger charge is -2.36. The molecule has 1 N–H and O–H groups in total. The van der Waals surface area contributed by atoms with Crippen molar-refractivity contribution < 1.29 is 14.4 Å². The van der Waals surface area contributed by atoms with Crippen molar-refractivity contribution in [1.29, 1.82) is 0 Å². The minimum Gasteiger partial charge on any atom is -0.277 e. The molecule has 5 heteroatoms. The summed E-state index contributed by atoms with van der Waals surface area (Å²) in [6.07, 6.45) is 3.05. The van der Waals surface area contributed by atoms with Crippen LogP contribution in [0.4, 0.5) is 4.79 Å². The van der Waals surface area contributed by atoms with E-state index in [9.17, 15) is 14.4 Å². The number of amides is 4. The number of hydrogen-bond acceptors (Lipinski definition) is 3. The summed E-state index contributed by atoms with van der Waals surface area (Å²) < 4.78 is 0. The minimum absolute atomic E-state index is 0.0434. The van der Waals surface area contributed by atoms with Crippen LogP contribution in [0, 0.1) is 17.3 Å². The topological polar surface area (TPSA) is 66.5 Å². The van der Waals surface area contributed by atoms with Crippen LogP contribution in [-0.4, -0.2) is 28.8 Å². The monoisotopic (exact) mass is 250 g/mol. The van der Waals surface area contributed by atoms with Crippen LogP contribution in [0.25, 0.3) is 0 Å². The zero-order valence-corrected chi connectivity index (χ0v) is 10.7. The van der Waals surface area contributed by atoms with Gasteiger partial charge in [-0.25, -0.2) is 4.79 Å². The normalized spacial score (nSPS) is 38.2. The van der Waals surface area contributed by atoms with Crippen LogP contribution in [-0.2, 0) is 9.59 Å². The average molecular weight is 250 g/mol. The van der Waals surface area contributed by atoms with Crippen LogP contribution in [0.1, 0.15) is 39.5 Å². The van der Waals surface area contributed by atoms with Gasteiger partial charge in [0.1, 0.15) is 5.41 Å². The van der Waals surface area contributed by atoms with Crippen LogP contribution >= 0.6 is 0 Å². The Morgan fingerprint density at radius 2 is 1.83 bits per heavy atom. The van der Waals surface area contributed by atoms with Gasteiger partial charge in [0.2, 0.25) is 11.8 Å². The van der Waals surface area contributed by atoms with Crippen molar-refractivity contribution in [3.63, 3.8) is 0 Å². The summed E-state index contributed by atoms with van der Waals surface area (Å²) in [5, 5.41) is 2.35. The van der Waals surface area contributed by atoms with Gasteiger partial charge in [0.25, 0.3) is 0 Å². The Balaban J connectivity index is 1.89. The Morgan fingerprint density at radius 1 is 1.17 bits per heavy atom. The van der Waals surface area contributed by atoms with E-state index < -0.39 is 17.4 Å². The largest absolute Gasteiger partial charge is 0.331 e. The summed E-state index contributed by atoms with van der Waals surface area (Å²) in [5.41, 5.74) is -0.903. The fourth-order valence-corrected chi connectivity index (χ4v) is 3.27. The number of rotatable bonds is 1. The Hall–Kier alpha value is -1.39. The van der Waals surface area contributed by atoms with Gasteiger partial charge >= 0.3 is 6.03 Å². The molecule has 5 nitrogen and oxygen atoms in total. The van der Waals surface area contributed by atoms with Crippen LogP contribution in [0.15, 0.2) is 0 Å². The maximum Gasteiger partial charge on any atom is 0.331 e. The van der Waals surface area contributed by atoms with E-state index in [-0.39, 0.29) is 11.9 Å². The number of carbonyl (C=O) groups is 3. The fourth-order valence-electron chi connectivity index (χ4n) is 3.27. The molecule has 1 spiro atoms. The molecule has 0 aromatic heterocycles. The molecule has 0 aromatic carbocycles. The molecule has 2 aliphatic carbocycles. The molecule has 0 bridgehead atoms. The molecule has 3 rings (SSSR count). The highest BCUT2D eigenvalue weighted by Crippen LogP contribution is 2.50. The van der Waals surface area contributed by atoms with Crippen LogP contribution < -0.4 is 5.32 Å². The Morgan fingerprint density at radius 3 is 2.33 bits per heavy atom. The number of nitrogens with one attached hydrogen (secondary N) is 1. The van der Waals surface area contributed by atoms with Crippen LogP contribution in [0.2, 0.25) is 0 Å². The number of nitrogens with zero attached hydrogens (tertiary/aromatic N) is 1. The summed E-state index contributed by atoms with van der Waals surface area (Å²) in [5.74, 6) is 0.168. The van der Waals surface area contributed by atoms with E-state index in [1.807, 2.05) is 0 Å². The highest BCUT2D eigenvalue weighted by molar-refractivity contribution is 6.21. The Bertz CT molecular complexity index is 442. The third kappa shape index (κ3) is 1.36. The molecule has 1 saturated heterocycles. The number of urea groups is 1. The van der Waals surface area contributed by atoms with Gasteiger partial charge in [0.15, 0.2) is 0 Å². The van der Waals surface area contributed by atoms with Gasteiger partial charge in [0, 0.05) is 6.04 Å². The molecule has 98 valence electrons. The fraction of sp³-hybridized carbons (Fsp3) is 0.769. The summed E-state index contributed by atoms with van der Waals surface area (Å²) in [4.78, 5) is 37.4. The number of barbiturate groups is 1. The second-order valence-corrected chi connectivity index (χ2v) is 6.00. The first kappa shape index (κ1) is 11.7. The lowest BCUT2D eigenvalue weighted by molar-refractivity contribution is -0.146. The van der Waals surface area contributed by atoms with Crippen molar-refractivity contribution in [3.8, 4) is 0 Å². The molecule has 0 radical (unpaired) electrons. The van der Waals surface area contributed by atoms with E-state index >= 15 is 0 Å². The lowest BCUT2D eigenvalue weighted by atomic mass is 9.94. The van der Waals surface area contributed by atoms with Crippen molar-refractivity contribution in [2.24, 2.45) is 17.3 Å². The molecule has 18 heavy (non-hydrogen) atoms. The molecule has 3 fully saturated rings. The number of carbonyl (C=O) groups excluding carboxylic acids is 3. The first-order chi connectivity index (χ1) is 8.47. The first-order valence-electron chi connectivity index (χ1n) is 6.66. The first-order valence-corrected chi connectivity index (χ1v) is 6.66. The van der Waals surface area contributed by atoms with Gasteiger partial charge in [-0.05, 0) is 37.5 Å². The predicted molar refractivity (Wildman–Crippen MR) is 63.4 cm³/mol. The molecular formula is C13H18N2O3. The number of hydrogen-bond donors (Lipinski definition) is 1. The van der Waals surface area contributed by atoms with E-state index in [1.165, 1.54) is 4.90 Å². The second-order valence-electron chi connectivity index (χ2n) is 6.00. The van der Waals surface area contributed by atoms with Crippen LogP contribution in [0.5, 0.6) is 0 Å². The third-order valence-corrected chi connectivity index (χ3v) is 5.01. The van der Waals surface area contributed by atoms with Gasteiger partial charge in [0.05, 0.1) is 0 Å². The van der Waals surface area contributed by atoms with Crippen molar-refractivity contribution in [2.45, 2.75) is 45.6 Å². The van der Waals surface area contributed by atoms with Crippen molar-refractivity contribution in [3.05, 3.63) is 0 Å². The Labute approximate surface area is 106 Å². The van der Waals surface area contributed by atoms with E-state index in [4.69, 9.17) is 0 Å². The highest BCUT2D eigenvalue weighted by Gasteiger charge is 2.63. The predicted octanol–water partition coefficient (Wildman–Crippen LogP) is 1.28. The maximum absolute atomic E-state index is 12.4. The lowest BCUT2D eigenvalue weighted by Crippen LogP contribution is -2.62. The zero-order chi connectivity index (χ0) is 13.1. The summed E-state index contributed by atoms with van der Waals surface area (Å²) in [6, 6.07) is -0.563. The van der Waals surface area contributed by atoms with E-state index in [0.717, 1.165) is 12.8 Å². The summed E-state index contributed by atoms with van der Waals surface area (Å²) in [6.45, 7) is 4.23. The third-order valence-electron chi connectivity index (χ3n) is 5.01. The molecule has 1 aliphatic heterocycles. The van der Waals surface area contributed by atoms with E-state index in [0.29, 0.717) is 24.7 Å². The molecule has 1 heterocycles. The summed E-state index contributed by atoms with van der Waals surface area (Å²) in [7, 11) is 0. The minimum atomic E-state index is -0.903. The molecule has 3 atom stereocenters.